The number of rotatable bonds is 57. The first-order valence-corrected chi connectivity index (χ1v) is 33.0. The molecule has 1 saturated heterocycles. The van der Waals surface area contributed by atoms with Gasteiger partial charge < -0.3 is 39.0 Å². The number of unbranched alkanes of at least 4 members (excludes halogenated alkanes) is 37. The van der Waals surface area contributed by atoms with Crippen molar-refractivity contribution >= 4 is 23.9 Å². The summed E-state index contributed by atoms with van der Waals surface area (Å²) in [5.74, 6) is -3.10. The predicted octanol–water partition coefficient (Wildman–Crippen LogP) is 17.6. The molecule has 79 heavy (non-hydrogen) atoms. The zero-order valence-corrected chi connectivity index (χ0v) is 50.9. The normalized spacial score (nSPS) is 18.0. The van der Waals surface area contributed by atoms with Crippen LogP contribution in [0.2, 0.25) is 0 Å². The van der Waals surface area contributed by atoms with Crippen molar-refractivity contribution in [3.05, 3.63) is 36.5 Å². The maximum atomic E-state index is 13.2. The summed E-state index contributed by atoms with van der Waals surface area (Å²) in [7, 11) is 0. The molecule has 6 unspecified atom stereocenters. The minimum Gasteiger partial charge on any atom is -0.479 e. The van der Waals surface area contributed by atoms with Crippen molar-refractivity contribution in [2.75, 3.05) is 13.2 Å². The lowest BCUT2D eigenvalue weighted by molar-refractivity contribution is -0.301. The maximum absolute atomic E-state index is 13.2. The molecule has 0 aliphatic carbocycles. The molecule has 460 valence electrons. The molecule has 0 aromatic rings. The van der Waals surface area contributed by atoms with Crippen LogP contribution in [0.5, 0.6) is 0 Å². The molecule has 12 heteroatoms. The standard InChI is InChI=1S/C67H120O12/c1-4-7-10-13-16-19-22-25-27-29-30-32-34-37-40-43-46-49-52-55-61(70)78-65-63(72)62(71)64(66(73)74)79-67(65)76-57-58(77-60(69)54-51-48-45-42-39-35-24-21-18-15-12-9-6-3)56-75-59(68)53-50-47-44-41-38-36-33-31-28-26-23-20-17-14-11-8-5-2/h16,19,21,24-25,27,58,62-65,67,71-72H,4-15,17-18,20,22-23,26,28-57H2,1-3H3,(H,73,74)/b19-16-,24-21-,27-25-. The Balaban J connectivity index is 2.62. The van der Waals surface area contributed by atoms with Crippen molar-refractivity contribution in [1.82, 2.24) is 0 Å². The number of hydrogen-bond acceptors (Lipinski definition) is 11. The first-order valence-electron chi connectivity index (χ1n) is 33.0. The van der Waals surface area contributed by atoms with Crippen LogP contribution in [0.4, 0.5) is 0 Å². The van der Waals surface area contributed by atoms with E-state index in [1.54, 1.807) is 0 Å². The lowest BCUT2D eigenvalue weighted by atomic mass is 9.98. The number of aliphatic carboxylic acids is 1. The molecule has 0 amide bonds. The van der Waals surface area contributed by atoms with Crippen LogP contribution in [0.25, 0.3) is 0 Å². The molecule has 1 heterocycles. The van der Waals surface area contributed by atoms with E-state index < -0.39 is 67.3 Å². The Bertz CT molecular complexity index is 1510. The summed E-state index contributed by atoms with van der Waals surface area (Å²) >= 11 is 0. The van der Waals surface area contributed by atoms with Crippen LogP contribution in [0.1, 0.15) is 316 Å². The van der Waals surface area contributed by atoms with E-state index in [2.05, 4.69) is 57.2 Å². The highest BCUT2D eigenvalue weighted by atomic mass is 16.7. The van der Waals surface area contributed by atoms with Gasteiger partial charge in [0.1, 0.15) is 18.8 Å². The molecule has 0 bridgehead atoms. The fraction of sp³-hybridized carbons (Fsp3) is 0.851. The topological polar surface area (TPSA) is 175 Å². The average molecular weight is 1120 g/mol. The highest BCUT2D eigenvalue weighted by Gasteiger charge is 2.50. The van der Waals surface area contributed by atoms with Crippen LogP contribution in [0, 0.1) is 0 Å². The lowest BCUT2D eigenvalue weighted by Gasteiger charge is -2.40. The fourth-order valence-electron chi connectivity index (χ4n) is 10.1. The maximum Gasteiger partial charge on any atom is 0.335 e. The van der Waals surface area contributed by atoms with Gasteiger partial charge in [-0.2, -0.15) is 0 Å². The number of carboxylic acids is 1. The third-order valence-electron chi connectivity index (χ3n) is 15.2. The lowest BCUT2D eigenvalue weighted by Crippen LogP contribution is -2.61. The number of hydrogen-bond donors (Lipinski definition) is 3. The number of allylic oxidation sites excluding steroid dienone is 6. The Morgan fingerprint density at radius 2 is 0.759 bits per heavy atom. The summed E-state index contributed by atoms with van der Waals surface area (Å²) in [5.41, 5.74) is 0. The molecule has 1 fully saturated rings. The molecule has 6 atom stereocenters. The van der Waals surface area contributed by atoms with E-state index in [1.165, 1.54) is 161 Å². The average Bonchev–Trinajstić information content (AvgIpc) is 3.46. The molecular formula is C67H120O12. The van der Waals surface area contributed by atoms with Gasteiger partial charge in [0.15, 0.2) is 24.6 Å². The second kappa shape index (κ2) is 55.5. The molecule has 0 aromatic heterocycles. The van der Waals surface area contributed by atoms with E-state index in [0.717, 1.165) is 96.3 Å². The molecule has 0 saturated carbocycles. The van der Waals surface area contributed by atoms with Gasteiger partial charge in [-0.1, -0.05) is 256 Å². The van der Waals surface area contributed by atoms with Crippen molar-refractivity contribution in [3.8, 4) is 0 Å². The number of carbonyl (C=O) groups is 4. The Morgan fingerprint density at radius 3 is 1.19 bits per heavy atom. The largest absolute Gasteiger partial charge is 0.479 e. The van der Waals surface area contributed by atoms with Crippen LogP contribution in [0.3, 0.4) is 0 Å². The first-order chi connectivity index (χ1) is 38.6. The minimum absolute atomic E-state index is 0.0580. The monoisotopic (exact) mass is 1120 g/mol. The molecule has 0 spiro atoms. The van der Waals surface area contributed by atoms with Crippen molar-refractivity contribution in [3.63, 3.8) is 0 Å². The second-order valence-electron chi connectivity index (χ2n) is 22.8. The summed E-state index contributed by atoms with van der Waals surface area (Å²) < 4.78 is 28.5. The number of carbonyl (C=O) groups excluding carboxylic acids is 3. The van der Waals surface area contributed by atoms with Gasteiger partial charge in [-0.05, 0) is 77.0 Å². The summed E-state index contributed by atoms with van der Waals surface area (Å²) in [6, 6.07) is 0. The van der Waals surface area contributed by atoms with Crippen molar-refractivity contribution in [2.45, 2.75) is 353 Å². The van der Waals surface area contributed by atoms with Crippen molar-refractivity contribution in [2.24, 2.45) is 0 Å². The van der Waals surface area contributed by atoms with E-state index >= 15 is 0 Å². The van der Waals surface area contributed by atoms with Gasteiger partial charge in [0.25, 0.3) is 0 Å². The Labute approximate surface area is 482 Å². The van der Waals surface area contributed by atoms with Crippen LogP contribution in [-0.2, 0) is 42.9 Å². The molecule has 1 aliphatic heterocycles. The third-order valence-corrected chi connectivity index (χ3v) is 15.2. The van der Waals surface area contributed by atoms with E-state index in [-0.39, 0.29) is 25.9 Å². The highest BCUT2D eigenvalue weighted by molar-refractivity contribution is 5.74. The quantitative estimate of drug-likeness (QED) is 0.0228. The molecular weight excluding hydrogens is 997 g/mol. The van der Waals surface area contributed by atoms with Crippen molar-refractivity contribution < 1.29 is 58.2 Å². The number of ether oxygens (including phenoxy) is 5. The second-order valence-corrected chi connectivity index (χ2v) is 22.8. The van der Waals surface area contributed by atoms with E-state index in [1.807, 2.05) is 0 Å². The van der Waals surface area contributed by atoms with Gasteiger partial charge in [-0.15, -0.1) is 0 Å². The van der Waals surface area contributed by atoms with Crippen LogP contribution in [-0.4, -0.2) is 89.2 Å². The van der Waals surface area contributed by atoms with Crippen LogP contribution >= 0.6 is 0 Å². The smallest absolute Gasteiger partial charge is 0.335 e. The van der Waals surface area contributed by atoms with Gasteiger partial charge >= 0.3 is 23.9 Å². The van der Waals surface area contributed by atoms with Gasteiger partial charge in [-0.25, -0.2) is 4.79 Å². The molecule has 0 radical (unpaired) electrons. The Morgan fingerprint density at radius 1 is 0.418 bits per heavy atom. The minimum atomic E-state index is -1.90. The van der Waals surface area contributed by atoms with Gasteiger partial charge in [0.05, 0.1) is 6.61 Å². The third kappa shape index (κ3) is 45.2. The van der Waals surface area contributed by atoms with Gasteiger partial charge in [0.2, 0.25) is 0 Å². The van der Waals surface area contributed by atoms with Gasteiger partial charge in [-0.3, -0.25) is 14.4 Å². The fourth-order valence-corrected chi connectivity index (χ4v) is 10.1. The number of esters is 3. The number of aliphatic hydroxyl groups is 2. The number of aliphatic hydroxyl groups excluding tert-OH is 2. The summed E-state index contributed by atoms with van der Waals surface area (Å²) in [4.78, 5) is 51.3. The van der Waals surface area contributed by atoms with Crippen LogP contribution < -0.4 is 0 Å². The molecule has 3 N–H and O–H groups in total. The molecule has 1 rings (SSSR count). The predicted molar refractivity (Wildman–Crippen MR) is 322 cm³/mol. The van der Waals surface area contributed by atoms with E-state index in [9.17, 15) is 34.5 Å². The molecule has 1 aliphatic rings. The number of carboxylic acid groups (broad SMARTS) is 1. The highest BCUT2D eigenvalue weighted by Crippen LogP contribution is 2.27. The zero-order valence-electron chi connectivity index (χ0n) is 50.9. The molecule has 0 aromatic carbocycles. The van der Waals surface area contributed by atoms with Gasteiger partial charge in [0, 0.05) is 19.3 Å². The Kier molecular flexibility index (Phi) is 51.9. The zero-order chi connectivity index (χ0) is 57.5. The first kappa shape index (κ1) is 74.0. The van der Waals surface area contributed by atoms with E-state index in [0.29, 0.717) is 19.3 Å². The molecule has 12 nitrogen and oxygen atoms in total. The summed E-state index contributed by atoms with van der Waals surface area (Å²) in [5, 5.41) is 31.6. The van der Waals surface area contributed by atoms with Crippen LogP contribution in [0.15, 0.2) is 36.5 Å². The summed E-state index contributed by atoms with van der Waals surface area (Å²) in [6.07, 6.45) is 53.9. The van der Waals surface area contributed by atoms with E-state index in [4.69, 9.17) is 23.7 Å². The Hall–Kier alpha value is -3.06. The van der Waals surface area contributed by atoms with Crippen molar-refractivity contribution in [1.29, 1.82) is 0 Å². The SMILES string of the molecule is CCCCC/C=C\C/C=C\CCCCCCCCCCCC(=O)OC1C(OCC(COC(=O)CCCCCCCCCCCCCCCCCCC)OC(=O)CCCCCCC/C=C\CCCCCC)OC(C(=O)O)C(O)C1O. The summed E-state index contributed by atoms with van der Waals surface area (Å²) in [6.45, 7) is 6.00.